The maximum atomic E-state index is 12.4. The van der Waals surface area contributed by atoms with Crippen LogP contribution in [0, 0.1) is 0 Å². The van der Waals surface area contributed by atoms with E-state index in [0.717, 1.165) is 37.2 Å². The number of ether oxygens (including phenoxy) is 1. The van der Waals surface area contributed by atoms with Crippen LogP contribution in [0.5, 0.6) is 5.75 Å². The molecule has 0 N–H and O–H groups in total. The predicted octanol–water partition coefficient (Wildman–Crippen LogP) is 3.95. The van der Waals surface area contributed by atoms with E-state index < -0.39 is 0 Å². The zero-order valence-electron chi connectivity index (χ0n) is 13.0. The van der Waals surface area contributed by atoms with Crippen LogP contribution in [-0.2, 0) is 11.2 Å². The predicted molar refractivity (Wildman–Crippen MR) is 91.8 cm³/mol. The van der Waals surface area contributed by atoms with Gasteiger partial charge in [-0.3, -0.25) is 4.79 Å². The summed E-state index contributed by atoms with van der Waals surface area (Å²) in [5.74, 6) is 1.07. The largest absolute Gasteiger partial charge is 0.490 e. The van der Waals surface area contributed by atoms with Crippen molar-refractivity contribution in [1.82, 2.24) is 4.90 Å². The van der Waals surface area contributed by atoms with Crippen LogP contribution >= 0.6 is 11.6 Å². The first-order chi connectivity index (χ1) is 11.2. The van der Waals surface area contributed by atoms with Crippen molar-refractivity contribution < 1.29 is 9.53 Å². The Morgan fingerprint density at radius 2 is 1.70 bits per heavy atom. The average Bonchev–Trinajstić information content (AvgIpc) is 2.58. The molecule has 120 valence electrons. The van der Waals surface area contributed by atoms with Crippen molar-refractivity contribution in [3.05, 3.63) is 65.2 Å². The van der Waals surface area contributed by atoms with Gasteiger partial charge in [-0.15, -0.1) is 0 Å². The molecule has 0 aliphatic carbocycles. The Morgan fingerprint density at radius 1 is 1.04 bits per heavy atom. The van der Waals surface area contributed by atoms with Crippen LogP contribution in [0.2, 0.25) is 5.02 Å². The summed E-state index contributed by atoms with van der Waals surface area (Å²) < 4.78 is 5.96. The number of rotatable bonds is 4. The van der Waals surface area contributed by atoms with Gasteiger partial charge >= 0.3 is 0 Å². The van der Waals surface area contributed by atoms with Crippen LogP contribution < -0.4 is 4.74 Å². The number of para-hydroxylation sites is 1. The summed E-state index contributed by atoms with van der Waals surface area (Å²) >= 11 is 5.87. The first-order valence-corrected chi connectivity index (χ1v) is 8.32. The highest BCUT2D eigenvalue weighted by Crippen LogP contribution is 2.19. The smallest absolute Gasteiger partial charge is 0.226 e. The quantitative estimate of drug-likeness (QED) is 0.850. The summed E-state index contributed by atoms with van der Waals surface area (Å²) in [4.78, 5) is 14.3. The molecule has 0 spiro atoms. The van der Waals surface area contributed by atoms with Crippen molar-refractivity contribution in [2.75, 3.05) is 13.1 Å². The van der Waals surface area contributed by atoms with Crippen LogP contribution in [0.25, 0.3) is 0 Å². The van der Waals surface area contributed by atoms with E-state index in [0.29, 0.717) is 11.4 Å². The molecule has 0 unspecified atom stereocenters. The van der Waals surface area contributed by atoms with E-state index in [9.17, 15) is 4.79 Å². The normalized spacial score (nSPS) is 15.4. The number of amides is 1. The van der Waals surface area contributed by atoms with Crippen LogP contribution in [-0.4, -0.2) is 30.0 Å². The van der Waals surface area contributed by atoms with E-state index in [4.69, 9.17) is 16.3 Å². The van der Waals surface area contributed by atoms with E-state index in [1.165, 1.54) is 0 Å². The summed E-state index contributed by atoms with van der Waals surface area (Å²) in [6.45, 7) is 1.51. The molecule has 1 heterocycles. The Morgan fingerprint density at radius 3 is 2.35 bits per heavy atom. The number of halogens is 1. The van der Waals surface area contributed by atoms with Gasteiger partial charge in [0.25, 0.3) is 0 Å². The van der Waals surface area contributed by atoms with Crippen LogP contribution in [0.1, 0.15) is 18.4 Å². The van der Waals surface area contributed by atoms with Crippen molar-refractivity contribution in [3.63, 3.8) is 0 Å². The van der Waals surface area contributed by atoms with Crippen LogP contribution in [0.3, 0.4) is 0 Å². The fourth-order valence-electron chi connectivity index (χ4n) is 2.80. The van der Waals surface area contributed by atoms with Crippen molar-refractivity contribution in [3.8, 4) is 5.75 Å². The van der Waals surface area contributed by atoms with Gasteiger partial charge in [-0.05, 0) is 29.8 Å². The number of hydrogen-bond acceptors (Lipinski definition) is 2. The van der Waals surface area contributed by atoms with Gasteiger partial charge in [-0.1, -0.05) is 41.9 Å². The Hall–Kier alpha value is -2.00. The van der Waals surface area contributed by atoms with Gasteiger partial charge in [-0.25, -0.2) is 0 Å². The van der Waals surface area contributed by atoms with Gasteiger partial charge < -0.3 is 9.64 Å². The lowest BCUT2D eigenvalue weighted by molar-refractivity contribution is -0.132. The Bertz CT molecular complexity index is 634. The van der Waals surface area contributed by atoms with Crippen molar-refractivity contribution in [2.24, 2.45) is 0 Å². The topological polar surface area (TPSA) is 29.5 Å². The van der Waals surface area contributed by atoms with E-state index in [-0.39, 0.29) is 12.0 Å². The molecule has 1 aliphatic heterocycles. The summed E-state index contributed by atoms with van der Waals surface area (Å²) in [6, 6.07) is 17.3. The highest BCUT2D eigenvalue weighted by atomic mass is 35.5. The number of benzene rings is 2. The molecule has 3 rings (SSSR count). The minimum atomic E-state index is 0.172. The molecule has 0 bridgehead atoms. The highest BCUT2D eigenvalue weighted by Gasteiger charge is 2.23. The molecule has 1 fully saturated rings. The van der Waals surface area contributed by atoms with E-state index in [1.807, 2.05) is 59.5 Å². The summed E-state index contributed by atoms with van der Waals surface area (Å²) in [5, 5.41) is 0.695. The lowest BCUT2D eigenvalue weighted by Crippen LogP contribution is -2.42. The third-order valence-electron chi connectivity index (χ3n) is 4.11. The summed E-state index contributed by atoms with van der Waals surface area (Å²) in [5.41, 5.74) is 1.00. The van der Waals surface area contributed by atoms with Gasteiger partial charge in [0.2, 0.25) is 5.91 Å². The Balaban J connectivity index is 1.48. The number of carbonyl (C=O) groups excluding carboxylic acids is 1. The monoisotopic (exact) mass is 329 g/mol. The fourth-order valence-corrected chi connectivity index (χ4v) is 2.93. The second-order valence-electron chi connectivity index (χ2n) is 5.81. The molecule has 3 nitrogen and oxygen atoms in total. The Labute approximate surface area is 141 Å². The third-order valence-corrected chi connectivity index (χ3v) is 4.36. The molecule has 23 heavy (non-hydrogen) atoms. The van der Waals surface area contributed by atoms with Crippen molar-refractivity contribution in [1.29, 1.82) is 0 Å². The molecule has 1 saturated heterocycles. The lowest BCUT2D eigenvalue weighted by Gasteiger charge is -2.32. The van der Waals surface area contributed by atoms with Gasteiger partial charge in [0.1, 0.15) is 11.9 Å². The fraction of sp³-hybridized carbons (Fsp3) is 0.316. The number of hydrogen-bond donors (Lipinski definition) is 0. The molecule has 4 heteroatoms. The molecule has 1 aliphatic rings. The van der Waals surface area contributed by atoms with Gasteiger partial charge in [0.15, 0.2) is 0 Å². The van der Waals surface area contributed by atoms with Gasteiger partial charge in [0.05, 0.1) is 6.42 Å². The SMILES string of the molecule is O=C(Cc1ccc(Cl)cc1)N1CCC(Oc2ccccc2)CC1. The van der Waals surface area contributed by atoms with Crippen molar-refractivity contribution >= 4 is 17.5 Å². The first kappa shape index (κ1) is 15.9. The standard InChI is InChI=1S/C19H20ClNO2/c20-16-8-6-15(7-9-16)14-19(22)21-12-10-18(11-13-21)23-17-4-2-1-3-5-17/h1-9,18H,10-14H2. The number of carbonyl (C=O) groups is 1. The number of likely N-dealkylation sites (tertiary alicyclic amines) is 1. The average molecular weight is 330 g/mol. The number of piperidine rings is 1. The molecular weight excluding hydrogens is 310 g/mol. The second kappa shape index (κ2) is 7.51. The molecule has 0 radical (unpaired) electrons. The number of nitrogens with zero attached hydrogens (tertiary/aromatic N) is 1. The lowest BCUT2D eigenvalue weighted by atomic mass is 10.1. The Kier molecular flexibility index (Phi) is 5.19. The minimum Gasteiger partial charge on any atom is -0.490 e. The van der Waals surface area contributed by atoms with Crippen LogP contribution in [0.4, 0.5) is 0 Å². The maximum Gasteiger partial charge on any atom is 0.226 e. The van der Waals surface area contributed by atoms with E-state index >= 15 is 0 Å². The summed E-state index contributed by atoms with van der Waals surface area (Å²) in [6.07, 6.45) is 2.38. The molecule has 2 aromatic carbocycles. The first-order valence-electron chi connectivity index (χ1n) is 7.94. The van der Waals surface area contributed by atoms with Crippen LogP contribution in [0.15, 0.2) is 54.6 Å². The van der Waals surface area contributed by atoms with Crippen molar-refractivity contribution in [2.45, 2.75) is 25.4 Å². The molecule has 1 amide bonds. The molecule has 0 atom stereocenters. The molecular formula is C19H20ClNO2. The van der Waals surface area contributed by atoms with E-state index in [2.05, 4.69) is 0 Å². The zero-order valence-corrected chi connectivity index (χ0v) is 13.7. The van der Waals surface area contributed by atoms with Gasteiger partial charge in [0, 0.05) is 31.0 Å². The summed E-state index contributed by atoms with van der Waals surface area (Å²) in [7, 11) is 0. The van der Waals surface area contributed by atoms with E-state index in [1.54, 1.807) is 0 Å². The maximum absolute atomic E-state index is 12.4. The van der Waals surface area contributed by atoms with Gasteiger partial charge in [-0.2, -0.15) is 0 Å². The highest BCUT2D eigenvalue weighted by molar-refractivity contribution is 6.30. The molecule has 0 aromatic heterocycles. The minimum absolute atomic E-state index is 0.172. The second-order valence-corrected chi connectivity index (χ2v) is 6.25. The zero-order chi connectivity index (χ0) is 16.1. The molecule has 0 saturated carbocycles. The molecule has 2 aromatic rings. The third kappa shape index (κ3) is 4.49.